The van der Waals surface area contributed by atoms with Gasteiger partial charge in [-0.15, -0.1) is 0 Å². The minimum Gasteiger partial charge on any atom is -0.457 e. The van der Waals surface area contributed by atoms with Crippen molar-refractivity contribution in [3.8, 4) is 57.1 Å². The predicted molar refractivity (Wildman–Crippen MR) is 293 cm³/mol. The first-order valence-electron chi connectivity index (χ1n) is 24.6. The number of fused-ring (bicyclic) bond motifs is 18. The number of nitriles is 1. The van der Waals surface area contributed by atoms with Gasteiger partial charge in [-0.05, 0) is 103 Å². The van der Waals surface area contributed by atoms with E-state index in [1.54, 1.807) is 0 Å². The first kappa shape index (κ1) is 39.8. The molecule has 1 aliphatic heterocycles. The largest absolute Gasteiger partial charge is 0.457 e. The van der Waals surface area contributed by atoms with Crippen LogP contribution in [0.3, 0.4) is 0 Å². The van der Waals surface area contributed by atoms with Crippen LogP contribution in [0.4, 0.5) is 0 Å². The number of para-hydroxylation sites is 6. The summed E-state index contributed by atoms with van der Waals surface area (Å²) in [5.74, 6) is 1.60. The summed E-state index contributed by atoms with van der Waals surface area (Å²) in [5, 5.41) is 16.8. The Morgan fingerprint density at radius 1 is 0.356 bits per heavy atom. The Bertz CT molecular complexity index is 4660. The van der Waals surface area contributed by atoms with Crippen LogP contribution in [0.25, 0.3) is 105 Å². The summed E-state index contributed by atoms with van der Waals surface area (Å²) in [6, 6.07) is 80.0. The van der Waals surface area contributed by atoms with Crippen molar-refractivity contribution in [2.45, 2.75) is 5.41 Å². The normalized spacial score (nSPS) is 13.1. The topological polar surface area (TPSA) is 73.6 Å². The molecule has 16 rings (SSSR count). The van der Waals surface area contributed by atoms with E-state index in [-0.39, 0.29) is 0 Å². The van der Waals surface area contributed by atoms with Crippen molar-refractivity contribution in [2.24, 2.45) is 0 Å². The van der Waals surface area contributed by atoms with E-state index in [2.05, 4.69) is 214 Å². The lowest BCUT2D eigenvalue weighted by Gasteiger charge is -2.39. The summed E-state index contributed by atoms with van der Waals surface area (Å²) >= 11 is 0. The van der Waals surface area contributed by atoms with E-state index >= 15 is 0 Å². The Morgan fingerprint density at radius 2 is 0.822 bits per heavy atom. The van der Waals surface area contributed by atoms with E-state index in [1.807, 2.05) is 36.7 Å². The Morgan fingerprint density at radius 3 is 1.41 bits per heavy atom. The van der Waals surface area contributed by atoms with Crippen molar-refractivity contribution < 1.29 is 4.74 Å². The van der Waals surface area contributed by atoms with E-state index < -0.39 is 5.41 Å². The van der Waals surface area contributed by atoms with Crippen LogP contribution < -0.4 is 4.74 Å². The van der Waals surface area contributed by atoms with Gasteiger partial charge in [0, 0.05) is 77.7 Å². The van der Waals surface area contributed by atoms with Crippen molar-refractivity contribution >= 4 is 65.4 Å². The average Bonchev–Trinajstić information content (AvgIpc) is 4.17. The first-order chi connectivity index (χ1) is 36.2. The Hall–Kier alpha value is -10.0. The van der Waals surface area contributed by atoms with Gasteiger partial charge in [-0.25, -0.2) is 0 Å². The van der Waals surface area contributed by atoms with Crippen molar-refractivity contribution in [1.82, 2.24) is 23.7 Å². The number of rotatable bonds is 4. The third-order valence-electron chi connectivity index (χ3n) is 15.6. The molecule has 9 aromatic carbocycles. The maximum absolute atomic E-state index is 9.91. The highest BCUT2D eigenvalue weighted by Gasteiger charge is 2.53. The number of hydrogen-bond acceptors (Lipinski definition) is 4. The molecule has 2 aliphatic rings. The van der Waals surface area contributed by atoms with Gasteiger partial charge in [0.2, 0.25) is 0 Å². The lowest BCUT2D eigenvalue weighted by Crippen LogP contribution is -2.32. The molecule has 0 atom stereocenters. The molecule has 0 saturated heterocycles. The summed E-state index contributed by atoms with van der Waals surface area (Å²) in [6.07, 6.45) is 3.99. The van der Waals surface area contributed by atoms with Crippen LogP contribution >= 0.6 is 0 Å². The van der Waals surface area contributed by atoms with Gasteiger partial charge in [0.05, 0.1) is 73.4 Å². The Kier molecular flexibility index (Phi) is 8.04. The second-order valence-electron chi connectivity index (χ2n) is 19.2. The molecule has 0 fully saturated rings. The lowest BCUT2D eigenvalue weighted by molar-refractivity contribution is 0.436. The number of hydrogen-bond donors (Lipinski definition) is 0. The minimum atomic E-state index is -0.823. The van der Waals surface area contributed by atoms with E-state index in [9.17, 15) is 5.26 Å². The van der Waals surface area contributed by atoms with Gasteiger partial charge in [0.1, 0.15) is 11.5 Å². The van der Waals surface area contributed by atoms with Gasteiger partial charge in [0.15, 0.2) is 0 Å². The van der Waals surface area contributed by atoms with Crippen molar-refractivity contribution in [3.63, 3.8) is 0 Å². The third kappa shape index (κ3) is 5.36. The van der Waals surface area contributed by atoms with Crippen LogP contribution in [0.1, 0.15) is 27.8 Å². The van der Waals surface area contributed by atoms with Gasteiger partial charge < -0.3 is 18.4 Å². The number of benzene rings is 9. The van der Waals surface area contributed by atoms with Gasteiger partial charge in [-0.1, -0.05) is 121 Å². The molecule has 73 heavy (non-hydrogen) atoms. The fourth-order valence-electron chi connectivity index (χ4n) is 12.6. The zero-order valence-electron chi connectivity index (χ0n) is 39.0. The van der Waals surface area contributed by atoms with Crippen LogP contribution in [-0.4, -0.2) is 23.7 Å². The fourth-order valence-corrected chi connectivity index (χ4v) is 12.6. The SMILES string of the molecule is N#Cc1ccc2c(c1)c1ccccc1n2-c1cnc2c(c1)C1(c3ccccc3Oc3ccccc31)c1cc(-c3ccc4c(c3)c3ccccc3n4-c3cccc(-n4c5ccccc5c5ccccc54)c3)cnc1-2. The quantitative estimate of drug-likeness (QED) is 0.176. The predicted octanol–water partition coefficient (Wildman–Crippen LogP) is 15.8. The van der Waals surface area contributed by atoms with E-state index in [4.69, 9.17) is 14.7 Å². The highest BCUT2D eigenvalue weighted by atomic mass is 16.5. The molecule has 0 saturated carbocycles. The fraction of sp³-hybridized carbons (Fsp3) is 0.0152. The molecule has 0 unspecified atom stereocenters. The number of nitrogens with zero attached hydrogens (tertiary/aromatic N) is 6. The van der Waals surface area contributed by atoms with Gasteiger partial charge in [0.25, 0.3) is 0 Å². The molecule has 1 aliphatic carbocycles. The molecular weight excluding hydrogens is 893 g/mol. The summed E-state index contributed by atoms with van der Waals surface area (Å²) in [5.41, 5.74) is 17.5. The van der Waals surface area contributed by atoms with E-state index in [0.29, 0.717) is 5.56 Å². The molecule has 1 spiro atoms. The first-order valence-corrected chi connectivity index (χ1v) is 24.6. The summed E-state index contributed by atoms with van der Waals surface area (Å²) in [7, 11) is 0. The smallest absolute Gasteiger partial charge is 0.132 e. The summed E-state index contributed by atoms with van der Waals surface area (Å²) in [6.45, 7) is 0. The third-order valence-corrected chi connectivity index (χ3v) is 15.6. The highest BCUT2D eigenvalue weighted by Crippen LogP contribution is 2.62. The summed E-state index contributed by atoms with van der Waals surface area (Å²) < 4.78 is 13.8. The van der Waals surface area contributed by atoms with Gasteiger partial charge in [-0.2, -0.15) is 5.26 Å². The van der Waals surface area contributed by atoms with Crippen molar-refractivity contribution in [3.05, 3.63) is 259 Å². The van der Waals surface area contributed by atoms with Crippen LogP contribution in [0, 0.1) is 11.3 Å². The monoisotopic (exact) mass is 930 g/mol. The van der Waals surface area contributed by atoms with Crippen LogP contribution in [0.2, 0.25) is 0 Å². The Labute approximate surface area is 418 Å². The molecule has 7 nitrogen and oxygen atoms in total. The molecular formula is C66H38N6O. The average molecular weight is 931 g/mol. The van der Waals surface area contributed by atoms with Crippen molar-refractivity contribution in [2.75, 3.05) is 0 Å². The van der Waals surface area contributed by atoms with Gasteiger partial charge in [-0.3, -0.25) is 9.97 Å². The second-order valence-corrected chi connectivity index (χ2v) is 19.2. The van der Waals surface area contributed by atoms with E-state index in [1.165, 1.54) is 27.2 Å². The Balaban J connectivity index is 0.893. The molecule has 5 aromatic heterocycles. The molecule has 338 valence electrons. The maximum Gasteiger partial charge on any atom is 0.132 e. The van der Waals surface area contributed by atoms with E-state index in [0.717, 1.165) is 112 Å². The zero-order valence-corrected chi connectivity index (χ0v) is 39.0. The molecule has 0 radical (unpaired) electrons. The maximum atomic E-state index is 9.91. The number of pyridine rings is 2. The number of aromatic nitrogens is 5. The lowest BCUT2D eigenvalue weighted by atomic mass is 9.66. The van der Waals surface area contributed by atoms with Gasteiger partial charge >= 0.3 is 0 Å². The molecule has 0 N–H and O–H groups in total. The molecule has 7 heteroatoms. The molecule has 0 bridgehead atoms. The molecule has 0 amide bonds. The zero-order chi connectivity index (χ0) is 47.9. The van der Waals surface area contributed by atoms with Crippen LogP contribution in [0.15, 0.2) is 231 Å². The van der Waals surface area contributed by atoms with Crippen LogP contribution in [-0.2, 0) is 5.41 Å². The summed E-state index contributed by atoms with van der Waals surface area (Å²) in [4.78, 5) is 10.8. The second kappa shape index (κ2) is 14.8. The van der Waals surface area contributed by atoms with Crippen LogP contribution in [0.5, 0.6) is 11.5 Å². The number of ether oxygens (including phenoxy) is 1. The minimum absolute atomic E-state index is 0.625. The molecule has 6 heterocycles. The standard InChI is InChI=1S/C66H38N6O/c67-37-40-28-30-60-50(32-40)48-18-3-10-25-59(48)72(60)45-36-55-65(69-39-45)64-54(66(55)52-20-5-11-26-62(52)73-63-27-12-6-21-53(63)66)34-42(38-68-64)41-29-31-61-51(33-41)49-19-4-9-24-58(49)71(61)44-15-13-14-43(35-44)70-56-22-7-1-16-46(56)47-17-2-8-23-57(47)70/h1-36,38-39H. The highest BCUT2D eigenvalue weighted by molar-refractivity contribution is 6.12. The molecule has 14 aromatic rings. The van der Waals surface area contributed by atoms with Crippen molar-refractivity contribution in [1.29, 1.82) is 5.26 Å².